The first-order valence-electron chi connectivity index (χ1n) is 12.1. The second-order valence-corrected chi connectivity index (χ2v) is 10.7. The van der Waals surface area contributed by atoms with E-state index in [-0.39, 0.29) is 36.3 Å². The highest BCUT2D eigenvalue weighted by atomic mass is 32.2. The van der Waals surface area contributed by atoms with Gasteiger partial charge in [0.2, 0.25) is 21.8 Å². The minimum Gasteiger partial charge on any atom is -0.353 e. The van der Waals surface area contributed by atoms with Crippen LogP contribution >= 0.6 is 0 Å². The van der Waals surface area contributed by atoms with Gasteiger partial charge in [-0.05, 0) is 63.2 Å². The molecule has 0 radical (unpaired) electrons. The molecule has 1 aliphatic rings. The van der Waals surface area contributed by atoms with Gasteiger partial charge in [0.25, 0.3) is 0 Å². The summed E-state index contributed by atoms with van der Waals surface area (Å²) in [4.78, 5) is 30.5. The smallest absolute Gasteiger partial charge is 0.245 e. The standard InChI is InChI=1S/C25H31N7O4S/c1-19-5-7-20(8-6-19)37(35,36)29-16-15-28-24(34)25(10-13-26-14-11-25)30-23(33)18-32-17-9-22(31-32)21-4-2-3-12-27-21/h2-9,12,17,26,29H,10-11,13-16,18H2,1H3,(H,28,34)(H,30,33). The number of aryl methyl sites for hydroxylation is 1. The second kappa shape index (κ2) is 11.6. The van der Waals surface area contributed by atoms with E-state index in [0.29, 0.717) is 37.3 Å². The van der Waals surface area contributed by atoms with Gasteiger partial charge in [-0.1, -0.05) is 23.8 Å². The number of rotatable bonds is 10. The molecule has 3 heterocycles. The minimum absolute atomic E-state index is 0.0216. The molecule has 196 valence electrons. The zero-order valence-electron chi connectivity index (χ0n) is 20.6. The van der Waals surface area contributed by atoms with Crippen molar-refractivity contribution in [1.82, 2.24) is 35.4 Å². The summed E-state index contributed by atoms with van der Waals surface area (Å²) < 4.78 is 28.9. The van der Waals surface area contributed by atoms with Crippen LogP contribution in [0.25, 0.3) is 11.4 Å². The Labute approximate surface area is 216 Å². The van der Waals surface area contributed by atoms with Crippen molar-refractivity contribution in [3.63, 3.8) is 0 Å². The number of aromatic nitrogens is 3. The van der Waals surface area contributed by atoms with Gasteiger partial charge in [-0.25, -0.2) is 13.1 Å². The first-order chi connectivity index (χ1) is 17.8. The SMILES string of the molecule is Cc1ccc(S(=O)(=O)NCCNC(=O)C2(NC(=O)Cn3ccc(-c4ccccn4)n3)CCNCC2)cc1. The number of carbonyl (C=O) groups excluding carboxylic acids is 2. The number of amides is 2. The van der Waals surface area contributed by atoms with Crippen LogP contribution in [0.4, 0.5) is 0 Å². The zero-order valence-corrected chi connectivity index (χ0v) is 21.4. The van der Waals surface area contributed by atoms with Crippen LogP contribution in [0.2, 0.25) is 0 Å². The number of piperidine rings is 1. The predicted octanol–water partition coefficient (Wildman–Crippen LogP) is 0.587. The first kappa shape index (κ1) is 26.5. The van der Waals surface area contributed by atoms with E-state index in [4.69, 9.17) is 0 Å². The minimum atomic E-state index is -3.68. The summed E-state index contributed by atoms with van der Waals surface area (Å²) in [7, 11) is -3.68. The highest BCUT2D eigenvalue weighted by molar-refractivity contribution is 7.89. The van der Waals surface area contributed by atoms with Gasteiger partial charge in [-0.3, -0.25) is 19.3 Å². The van der Waals surface area contributed by atoms with Crippen molar-refractivity contribution in [2.45, 2.75) is 36.7 Å². The molecular weight excluding hydrogens is 494 g/mol. The summed E-state index contributed by atoms with van der Waals surface area (Å²) in [6, 6.07) is 13.8. The van der Waals surface area contributed by atoms with E-state index >= 15 is 0 Å². The van der Waals surface area contributed by atoms with E-state index in [1.165, 1.54) is 16.8 Å². The van der Waals surface area contributed by atoms with Crippen molar-refractivity contribution in [1.29, 1.82) is 0 Å². The third kappa shape index (κ3) is 6.79. The summed E-state index contributed by atoms with van der Waals surface area (Å²) in [5.74, 6) is -0.681. The van der Waals surface area contributed by atoms with E-state index in [1.54, 1.807) is 30.6 Å². The number of carbonyl (C=O) groups is 2. The summed E-state index contributed by atoms with van der Waals surface area (Å²) in [5.41, 5.74) is 1.22. The van der Waals surface area contributed by atoms with Crippen molar-refractivity contribution in [2.75, 3.05) is 26.2 Å². The number of hydrogen-bond acceptors (Lipinski definition) is 7. The molecule has 2 aromatic heterocycles. The lowest BCUT2D eigenvalue weighted by molar-refractivity contribution is -0.135. The van der Waals surface area contributed by atoms with Crippen LogP contribution < -0.4 is 20.7 Å². The van der Waals surface area contributed by atoms with Crippen LogP contribution in [-0.4, -0.2) is 66.7 Å². The molecule has 0 atom stereocenters. The average Bonchev–Trinajstić information content (AvgIpc) is 3.36. The maximum absolute atomic E-state index is 13.2. The van der Waals surface area contributed by atoms with Gasteiger partial charge in [-0.2, -0.15) is 5.10 Å². The number of nitrogens with one attached hydrogen (secondary N) is 4. The molecule has 0 saturated carbocycles. The fourth-order valence-electron chi connectivity index (χ4n) is 4.15. The lowest BCUT2D eigenvalue weighted by Crippen LogP contribution is -2.63. The lowest BCUT2D eigenvalue weighted by atomic mass is 9.87. The topological polar surface area (TPSA) is 147 Å². The van der Waals surface area contributed by atoms with Crippen LogP contribution in [0, 0.1) is 6.92 Å². The number of pyridine rings is 1. The summed E-state index contributed by atoms with van der Waals surface area (Å²) in [5, 5.41) is 13.3. The van der Waals surface area contributed by atoms with Gasteiger partial charge in [0.15, 0.2) is 0 Å². The molecule has 37 heavy (non-hydrogen) atoms. The fraction of sp³-hybridized carbons (Fsp3) is 0.360. The summed E-state index contributed by atoms with van der Waals surface area (Å²) in [6.45, 7) is 3.07. The zero-order chi connectivity index (χ0) is 26.3. The van der Waals surface area contributed by atoms with Gasteiger partial charge in [0, 0.05) is 25.5 Å². The van der Waals surface area contributed by atoms with Crippen molar-refractivity contribution < 1.29 is 18.0 Å². The Balaban J connectivity index is 1.32. The average molecular weight is 526 g/mol. The van der Waals surface area contributed by atoms with Crippen LogP contribution in [0.1, 0.15) is 18.4 Å². The Morgan fingerprint density at radius 1 is 1.03 bits per heavy atom. The van der Waals surface area contributed by atoms with E-state index in [2.05, 4.69) is 30.8 Å². The monoisotopic (exact) mass is 525 g/mol. The van der Waals surface area contributed by atoms with Gasteiger partial charge < -0.3 is 16.0 Å². The van der Waals surface area contributed by atoms with Crippen LogP contribution in [0.3, 0.4) is 0 Å². The Bertz CT molecular complexity index is 1320. The van der Waals surface area contributed by atoms with Gasteiger partial charge in [-0.15, -0.1) is 0 Å². The molecular formula is C25H31N7O4S. The lowest BCUT2D eigenvalue weighted by Gasteiger charge is -2.37. The number of nitrogens with zero attached hydrogens (tertiary/aromatic N) is 3. The van der Waals surface area contributed by atoms with E-state index in [9.17, 15) is 18.0 Å². The van der Waals surface area contributed by atoms with Crippen molar-refractivity contribution in [2.24, 2.45) is 0 Å². The van der Waals surface area contributed by atoms with E-state index < -0.39 is 15.6 Å². The molecule has 4 rings (SSSR count). The molecule has 1 aliphatic heterocycles. The number of sulfonamides is 1. The quantitative estimate of drug-likeness (QED) is 0.283. The molecule has 1 fully saturated rings. The molecule has 11 nitrogen and oxygen atoms in total. The molecule has 0 aliphatic carbocycles. The third-order valence-corrected chi connectivity index (χ3v) is 7.65. The molecule has 2 amide bonds. The van der Waals surface area contributed by atoms with Crippen molar-refractivity contribution in [3.8, 4) is 11.4 Å². The normalized spacial score (nSPS) is 15.2. The Morgan fingerprint density at radius 2 is 1.78 bits per heavy atom. The Kier molecular flexibility index (Phi) is 8.31. The molecule has 1 saturated heterocycles. The Hall–Kier alpha value is -3.61. The highest BCUT2D eigenvalue weighted by Crippen LogP contribution is 2.19. The highest BCUT2D eigenvalue weighted by Gasteiger charge is 2.40. The van der Waals surface area contributed by atoms with Gasteiger partial charge in [0.1, 0.15) is 17.8 Å². The Morgan fingerprint density at radius 3 is 2.49 bits per heavy atom. The largest absolute Gasteiger partial charge is 0.353 e. The predicted molar refractivity (Wildman–Crippen MR) is 138 cm³/mol. The molecule has 0 bridgehead atoms. The van der Waals surface area contributed by atoms with Crippen LogP contribution in [0.15, 0.2) is 65.8 Å². The van der Waals surface area contributed by atoms with E-state index in [0.717, 1.165) is 5.56 Å². The second-order valence-electron chi connectivity index (χ2n) is 8.96. The summed E-state index contributed by atoms with van der Waals surface area (Å²) in [6.07, 6.45) is 4.20. The van der Waals surface area contributed by atoms with Crippen LogP contribution in [0.5, 0.6) is 0 Å². The number of benzene rings is 1. The molecule has 12 heteroatoms. The fourth-order valence-corrected chi connectivity index (χ4v) is 5.18. The van der Waals surface area contributed by atoms with Crippen molar-refractivity contribution >= 4 is 21.8 Å². The third-order valence-electron chi connectivity index (χ3n) is 6.18. The maximum Gasteiger partial charge on any atom is 0.245 e. The van der Waals surface area contributed by atoms with E-state index in [1.807, 2.05) is 25.1 Å². The first-order valence-corrected chi connectivity index (χ1v) is 13.6. The number of hydrogen-bond donors (Lipinski definition) is 4. The molecule has 3 aromatic rings. The van der Waals surface area contributed by atoms with Gasteiger partial charge >= 0.3 is 0 Å². The summed E-state index contributed by atoms with van der Waals surface area (Å²) >= 11 is 0. The van der Waals surface area contributed by atoms with Gasteiger partial charge in [0.05, 0.1) is 10.6 Å². The maximum atomic E-state index is 13.2. The molecule has 1 aromatic carbocycles. The molecule has 0 spiro atoms. The molecule has 0 unspecified atom stereocenters. The molecule has 4 N–H and O–H groups in total. The van der Waals surface area contributed by atoms with Crippen LogP contribution in [-0.2, 0) is 26.2 Å². The van der Waals surface area contributed by atoms with Crippen molar-refractivity contribution in [3.05, 3.63) is 66.5 Å².